The predicted octanol–water partition coefficient (Wildman–Crippen LogP) is 2.32. The Morgan fingerprint density at radius 2 is 2.00 bits per heavy atom. The van der Waals surface area contributed by atoms with Crippen molar-refractivity contribution in [2.75, 3.05) is 12.6 Å². The molecule has 10 heavy (non-hydrogen) atoms. The van der Waals surface area contributed by atoms with Crippen LogP contribution in [0.2, 0.25) is 0 Å². The first-order valence-electron chi connectivity index (χ1n) is 3.45. The Morgan fingerprint density at radius 3 is 2.50 bits per heavy atom. The average molecular weight is 167 g/mol. The molecule has 3 heteroatoms. The van der Waals surface area contributed by atoms with Gasteiger partial charge in [-0.25, -0.2) is 0 Å². The molecule has 0 aromatic carbocycles. The van der Waals surface area contributed by atoms with E-state index in [1.54, 1.807) is 0 Å². The summed E-state index contributed by atoms with van der Waals surface area (Å²) in [6.45, 7) is -0.528. The second-order valence-corrected chi connectivity index (χ2v) is 2.50. The van der Waals surface area contributed by atoms with Crippen LogP contribution in [0.3, 0.4) is 0 Å². The zero-order valence-corrected chi connectivity index (χ0v) is 6.66. The van der Waals surface area contributed by atoms with E-state index in [1.807, 2.05) is 0 Å². The molecular formula is C7H12ClFO. The van der Waals surface area contributed by atoms with Crippen molar-refractivity contribution in [3.63, 3.8) is 0 Å². The number of ketones is 1. The quantitative estimate of drug-likeness (QED) is 0.437. The van der Waals surface area contributed by atoms with Gasteiger partial charge in [0.2, 0.25) is 0 Å². The molecule has 0 heterocycles. The van der Waals surface area contributed by atoms with Gasteiger partial charge in [-0.1, -0.05) is 0 Å². The van der Waals surface area contributed by atoms with Crippen LogP contribution in [0.5, 0.6) is 0 Å². The molecule has 0 saturated carbocycles. The van der Waals surface area contributed by atoms with Crippen LogP contribution in [0.15, 0.2) is 0 Å². The van der Waals surface area contributed by atoms with Gasteiger partial charge in [0.15, 0.2) is 0 Å². The molecule has 0 atom stereocenters. The Kier molecular flexibility index (Phi) is 6.93. The lowest BCUT2D eigenvalue weighted by Gasteiger charge is -1.94. The van der Waals surface area contributed by atoms with Gasteiger partial charge < -0.3 is 0 Å². The summed E-state index contributed by atoms with van der Waals surface area (Å²) in [5.41, 5.74) is 0. The monoisotopic (exact) mass is 166 g/mol. The lowest BCUT2D eigenvalue weighted by Crippen LogP contribution is -1.98. The maximum Gasteiger partial charge on any atom is 0.135 e. The molecule has 0 aromatic heterocycles. The third kappa shape index (κ3) is 6.02. The fraction of sp³-hybridized carbons (Fsp3) is 0.857. The molecule has 0 fully saturated rings. The summed E-state index contributed by atoms with van der Waals surface area (Å²) >= 11 is 5.38. The third-order valence-corrected chi connectivity index (χ3v) is 1.48. The molecule has 0 radical (unpaired) electrons. The van der Waals surface area contributed by atoms with Crippen LogP contribution in [0.4, 0.5) is 4.39 Å². The Hall–Kier alpha value is -0.110. The van der Waals surface area contributed by atoms with Crippen molar-refractivity contribution >= 4 is 17.4 Å². The summed E-state index contributed by atoms with van der Waals surface area (Å²) in [6, 6.07) is 0. The van der Waals surface area contributed by atoms with E-state index in [0.29, 0.717) is 12.3 Å². The lowest BCUT2D eigenvalue weighted by atomic mass is 10.1. The third-order valence-electron chi connectivity index (χ3n) is 1.21. The number of rotatable bonds is 6. The van der Waals surface area contributed by atoms with Crippen molar-refractivity contribution in [3.05, 3.63) is 0 Å². The molecule has 0 spiro atoms. The van der Waals surface area contributed by atoms with E-state index < -0.39 is 6.67 Å². The number of halogens is 2. The average Bonchev–Trinajstić information content (AvgIpc) is 1.89. The summed E-state index contributed by atoms with van der Waals surface area (Å²) < 4.78 is 11.5. The van der Waals surface area contributed by atoms with Crippen molar-refractivity contribution < 1.29 is 9.18 Å². The van der Waals surface area contributed by atoms with Crippen molar-refractivity contribution in [2.45, 2.75) is 25.7 Å². The van der Waals surface area contributed by atoms with Crippen LogP contribution in [-0.2, 0) is 4.79 Å². The van der Waals surface area contributed by atoms with Gasteiger partial charge in [-0.3, -0.25) is 9.18 Å². The molecule has 0 N–H and O–H groups in total. The van der Waals surface area contributed by atoms with Gasteiger partial charge in [0.05, 0.1) is 6.67 Å². The largest absolute Gasteiger partial charge is 0.300 e. The fourth-order valence-corrected chi connectivity index (χ4v) is 0.836. The number of unbranched alkanes of at least 4 members (excludes halogenated alkanes) is 1. The summed E-state index contributed by atoms with van der Waals surface area (Å²) in [5, 5.41) is 0. The maximum atomic E-state index is 11.5. The molecule has 0 unspecified atom stereocenters. The maximum absolute atomic E-state index is 11.5. The minimum Gasteiger partial charge on any atom is -0.300 e. The molecular weight excluding hydrogens is 155 g/mol. The molecule has 0 aliphatic heterocycles. The zero-order valence-electron chi connectivity index (χ0n) is 5.91. The van der Waals surface area contributed by atoms with Gasteiger partial charge in [-0.15, -0.1) is 11.6 Å². The molecule has 0 bridgehead atoms. The van der Waals surface area contributed by atoms with Gasteiger partial charge in [-0.05, 0) is 12.8 Å². The Morgan fingerprint density at radius 1 is 1.30 bits per heavy atom. The normalized spacial score (nSPS) is 9.80. The number of hydrogen-bond donors (Lipinski definition) is 0. The van der Waals surface area contributed by atoms with Crippen LogP contribution in [0, 0.1) is 0 Å². The summed E-state index contributed by atoms with van der Waals surface area (Å²) in [5.74, 6) is 0.593. The number of carbonyl (C=O) groups excluding carboxylic acids is 1. The second-order valence-electron chi connectivity index (χ2n) is 2.12. The first kappa shape index (κ1) is 9.89. The van der Waals surface area contributed by atoms with Gasteiger partial charge in [0.25, 0.3) is 0 Å². The number of alkyl halides is 2. The number of Topliss-reactive ketones (excluding diaryl/α,β-unsaturated/α-hetero) is 1. The highest BCUT2D eigenvalue weighted by molar-refractivity contribution is 6.17. The fourth-order valence-electron chi connectivity index (χ4n) is 0.647. The molecule has 0 aromatic rings. The smallest absolute Gasteiger partial charge is 0.135 e. The molecule has 0 rings (SSSR count). The molecule has 1 nitrogen and oxygen atoms in total. The van der Waals surface area contributed by atoms with E-state index >= 15 is 0 Å². The number of carbonyl (C=O) groups is 1. The van der Waals surface area contributed by atoms with Crippen LogP contribution < -0.4 is 0 Å². The highest BCUT2D eigenvalue weighted by Crippen LogP contribution is 2.00. The first-order chi connectivity index (χ1) is 4.81. The topological polar surface area (TPSA) is 17.1 Å². The van der Waals surface area contributed by atoms with Gasteiger partial charge in [-0.2, -0.15) is 0 Å². The van der Waals surface area contributed by atoms with Gasteiger partial charge >= 0.3 is 0 Å². The molecule has 60 valence electrons. The standard InChI is InChI=1S/C7H12ClFO/c8-5-2-1-3-7(10)4-6-9/h1-6H2. The van der Waals surface area contributed by atoms with E-state index in [-0.39, 0.29) is 12.2 Å². The molecule has 0 saturated heterocycles. The van der Waals surface area contributed by atoms with Crippen LogP contribution in [0.25, 0.3) is 0 Å². The van der Waals surface area contributed by atoms with E-state index in [4.69, 9.17) is 11.6 Å². The van der Waals surface area contributed by atoms with Crippen molar-refractivity contribution in [1.82, 2.24) is 0 Å². The zero-order chi connectivity index (χ0) is 7.82. The van der Waals surface area contributed by atoms with Crippen LogP contribution >= 0.6 is 11.6 Å². The van der Waals surface area contributed by atoms with Crippen molar-refractivity contribution in [2.24, 2.45) is 0 Å². The highest BCUT2D eigenvalue weighted by atomic mass is 35.5. The minimum atomic E-state index is -0.528. The van der Waals surface area contributed by atoms with Crippen molar-refractivity contribution in [1.29, 1.82) is 0 Å². The Balaban J connectivity index is 3.05. The van der Waals surface area contributed by atoms with Crippen LogP contribution in [-0.4, -0.2) is 18.3 Å². The predicted molar refractivity (Wildman–Crippen MR) is 40.2 cm³/mol. The SMILES string of the molecule is O=C(CCF)CCCCCl. The number of hydrogen-bond acceptors (Lipinski definition) is 1. The molecule has 0 amide bonds. The van der Waals surface area contributed by atoms with Gasteiger partial charge in [0.1, 0.15) is 5.78 Å². The van der Waals surface area contributed by atoms with E-state index in [0.717, 1.165) is 12.8 Å². The van der Waals surface area contributed by atoms with Crippen LogP contribution in [0.1, 0.15) is 25.7 Å². The van der Waals surface area contributed by atoms with E-state index in [2.05, 4.69) is 0 Å². The summed E-state index contributed by atoms with van der Waals surface area (Å²) in [4.78, 5) is 10.6. The lowest BCUT2D eigenvalue weighted by molar-refractivity contribution is -0.119. The highest BCUT2D eigenvalue weighted by Gasteiger charge is 1.99. The van der Waals surface area contributed by atoms with Gasteiger partial charge in [0, 0.05) is 18.7 Å². The van der Waals surface area contributed by atoms with E-state index in [9.17, 15) is 9.18 Å². The Bertz CT molecular complexity index is 95.6. The summed E-state index contributed by atoms with van der Waals surface area (Å²) in [6.07, 6.45) is 2.20. The Labute approximate surface area is 65.6 Å². The van der Waals surface area contributed by atoms with E-state index in [1.165, 1.54) is 0 Å². The van der Waals surface area contributed by atoms with Crippen molar-refractivity contribution in [3.8, 4) is 0 Å². The first-order valence-corrected chi connectivity index (χ1v) is 3.98. The second kappa shape index (κ2) is 7.00. The molecule has 0 aliphatic carbocycles. The molecule has 0 aliphatic rings. The summed E-state index contributed by atoms with van der Waals surface area (Å²) in [7, 11) is 0. The minimum absolute atomic E-state index is 0.00705.